The minimum absolute atomic E-state index is 0.0107. The third kappa shape index (κ3) is 4.73. The van der Waals surface area contributed by atoms with Gasteiger partial charge in [-0.05, 0) is 35.7 Å². The fourth-order valence-corrected chi connectivity index (χ4v) is 3.36. The van der Waals surface area contributed by atoms with Gasteiger partial charge in [0, 0.05) is 19.2 Å². The van der Waals surface area contributed by atoms with Crippen molar-refractivity contribution >= 4 is 32.4 Å². The lowest BCUT2D eigenvalue weighted by Crippen LogP contribution is -2.19. The number of benzene rings is 2. The number of nitrogens with one attached hydrogen (secondary N) is 2. The zero-order valence-electron chi connectivity index (χ0n) is 12.5. The molecule has 0 bridgehead atoms. The lowest BCUT2D eigenvalue weighted by atomic mass is 10.1. The molecule has 2 N–H and O–H groups in total. The van der Waals surface area contributed by atoms with Gasteiger partial charge in [0.25, 0.3) is 0 Å². The number of rotatable bonds is 7. The first-order valence-electron chi connectivity index (χ1n) is 7.20. The fourth-order valence-electron chi connectivity index (χ4n) is 2.19. The molecule has 0 unspecified atom stereocenters. The van der Waals surface area contributed by atoms with Crippen LogP contribution in [0.5, 0.6) is 0 Å². The van der Waals surface area contributed by atoms with Crippen LogP contribution in [0.2, 0.25) is 0 Å². The standard InChI is InChI=1S/C16H20N2O3S/c1-17-16(19)8-4-5-11-22(20,21)18-15-10-9-13-6-2-3-7-14(13)12-15/h2-3,6-7,9-10,12,18H,4-5,8,11H2,1H3,(H,17,19). The first-order chi connectivity index (χ1) is 10.5. The van der Waals surface area contributed by atoms with E-state index in [1.54, 1.807) is 13.1 Å². The third-order valence-electron chi connectivity index (χ3n) is 3.37. The highest BCUT2D eigenvalue weighted by Gasteiger charge is 2.11. The minimum atomic E-state index is -3.39. The Morgan fingerprint density at radius 3 is 2.50 bits per heavy atom. The Morgan fingerprint density at radius 2 is 1.77 bits per heavy atom. The second-order valence-corrected chi connectivity index (χ2v) is 6.96. The quantitative estimate of drug-likeness (QED) is 0.770. The van der Waals surface area contributed by atoms with Crippen LogP contribution in [0.3, 0.4) is 0 Å². The van der Waals surface area contributed by atoms with E-state index < -0.39 is 10.0 Å². The maximum Gasteiger partial charge on any atom is 0.232 e. The van der Waals surface area contributed by atoms with E-state index in [9.17, 15) is 13.2 Å². The van der Waals surface area contributed by atoms with E-state index in [1.165, 1.54) is 0 Å². The topological polar surface area (TPSA) is 75.3 Å². The first kappa shape index (κ1) is 16.3. The molecule has 0 spiro atoms. The van der Waals surface area contributed by atoms with Crippen molar-refractivity contribution < 1.29 is 13.2 Å². The van der Waals surface area contributed by atoms with Crippen molar-refractivity contribution in [3.8, 4) is 0 Å². The summed E-state index contributed by atoms with van der Waals surface area (Å²) in [6.07, 6.45) is 1.36. The summed E-state index contributed by atoms with van der Waals surface area (Å²) in [7, 11) is -1.82. The molecule has 0 saturated heterocycles. The molecule has 2 aromatic carbocycles. The molecule has 0 aromatic heterocycles. The molecule has 0 saturated carbocycles. The Morgan fingerprint density at radius 1 is 1.05 bits per heavy atom. The van der Waals surface area contributed by atoms with Crippen LogP contribution >= 0.6 is 0 Å². The van der Waals surface area contributed by atoms with Gasteiger partial charge in [0.15, 0.2) is 0 Å². The number of carbonyl (C=O) groups excluding carboxylic acids is 1. The second-order valence-electron chi connectivity index (χ2n) is 5.11. The predicted molar refractivity (Wildman–Crippen MR) is 89.3 cm³/mol. The van der Waals surface area contributed by atoms with E-state index in [-0.39, 0.29) is 11.7 Å². The number of amides is 1. The molecule has 6 heteroatoms. The van der Waals surface area contributed by atoms with Gasteiger partial charge in [0.1, 0.15) is 0 Å². The molecule has 22 heavy (non-hydrogen) atoms. The minimum Gasteiger partial charge on any atom is -0.359 e. The summed E-state index contributed by atoms with van der Waals surface area (Å²) in [4.78, 5) is 11.1. The van der Waals surface area contributed by atoms with Crippen LogP contribution in [-0.4, -0.2) is 27.1 Å². The Bertz CT molecular complexity index is 757. The normalized spacial score (nSPS) is 11.3. The molecular weight excluding hydrogens is 300 g/mol. The van der Waals surface area contributed by atoms with Crippen LogP contribution in [0.15, 0.2) is 42.5 Å². The van der Waals surface area contributed by atoms with E-state index in [0.29, 0.717) is 24.9 Å². The van der Waals surface area contributed by atoms with Crippen molar-refractivity contribution in [3.05, 3.63) is 42.5 Å². The smallest absolute Gasteiger partial charge is 0.232 e. The molecule has 0 fully saturated rings. The van der Waals surface area contributed by atoms with Crippen molar-refractivity contribution in [2.45, 2.75) is 19.3 Å². The Hall–Kier alpha value is -2.08. The van der Waals surface area contributed by atoms with Gasteiger partial charge >= 0.3 is 0 Å². The molecule has 5 nitrogen and oxygen atoms in total. The largest absolute Gasteiger partial charge is 0.359 e. The summed E-state index contributed by atoms with van der Waals surface area (Å²) in [5, 5.41) is 4.57. The monoisotopic (exact) mass is 320 g/mol. The van der Waals surface area contributed by atoms with Gasteiger partial charge in [-0.15, -0.1) is 0 Å². The maximum absolute atomic E-state index is 12.0. The van der Waals surface area contributed by atoms with E-state index in [1.807, 2.05) is 36.4 Å². The fraction of sp³-hybridized carbons (Fsp3) is 0.312. The average molecular weight is 320 g/mol. The molecule has 0 aliphatic rings. The van der Waals surface area contributed by atoms with Gasteiger partial charge in [-0.2, -0.15) is 0 Å². The van der Waals surface area contributed by atoms with E-state index in [0.717, 1.165) is 10.8 Å². The van der Waals surface area contributed by atoms with Crippen molar-refractivity contribution in [3.63, 3.8) is 0 Å². The van der Waals surface area contributed by atoms with E-state index in [4.69, 9.17) is 0 Å². The van der Waals surface area contributed by atoms with Gasteiger partial charge in [-0.3, -0.25) is 9.52 Å². The molecule has 0 atom stereocenters. The van der Waals surface area contributed by atoms with Crippen LogP contribution < -0.4 is 10.0 Å². The van der Waals surface area contributed by atoms with Crippen LogP contribution in [-0.2, 0) is 14.8 Å². The molecule has 118 valence electrons. The molecular formula is C16H20N2O3S. The molecule has 0 aliphatic carbocycles. The van der Waals surface area contributed by atoms with Crippen molar-refractivity contribution in [1.82, 2.24) is 5.32 Å². The van der Waals surface area contributed by atoms with Crippen LogP contribution in [0.25, 0.3) is 10.8 Å². The average Bonchev–Trinajstić information content (AvgIpc) is 2.50. The summed E-state index contributed by atoms with van der Waals surface area (Å²) in [5.74, 6) is -0.0588. The number of anilines is 1. The Balaban J connectivity index is 1.93. The lowest BCUT2D eigenvalue weighted by Gasteiger charge is -2.09. The molecule has 2 rings (SSSR count). The summed E-state index contributed by atoms with van der Waals surface area (Å²) in [6, 6.07) is 13.2. The van der Waals surface area contributed by atoms with E-state index in [2.05, 4.69) is 10.0 Å². The SMILES string of the molecule is CNC(=O)CCCCS(=O)(=O)Nc1ccc2ccccc2c1. The van der Waals surface area contributed by atoms with E-state index >= 15 is 0 Å². The van der Waals surface area contributed by atoms with Crippen LogP contribution in [0, 0.1) is 0 Å². The second kappa shape index (κ2) is 7.26. The van der Waals surface area contributed by atoms with Gasteiger partial charge < -0.3 is 5.32 Å². The number of hydrogen-bond donors (Lipinski definition) is 2. The third-order valence-corrected chi connectivity index (χ3v) is 4.74. The zero-order valence-corrected chi connectivity index (χ0v) is 13.3. The highest BCUT2D eigenvalue weighted by atomic mass is 32.2. The highest BCUT2D eigenvalue weighted by molar-refractivity contribution is 7.92. The van der Waals surface area contributed by atoms with Gasteiger partial charge in [0.05, 0.1) is 5.75 Å². The number of fused-ring (bicyclic) bond motifs is 1. The number of carbonyl (C=O) groups is 1. The Kier molecular flexibility index (Phi) is 5.38. The predicted octanol–water partition coefficient (Wildman–Crippen LogP) is 2.50. The van der Waals surface area contributed by atoms with Gasteiger partial charge in [0.2, 0.25) is 15.9 Å². The number of sulfonamides is 1. The summed E-state index contributed by atoms with van der Waals surface area (Å²) < 4.78 is 26.7. The highest BCUT2D eigenvalue weighted by Crippen LogP contribution is 2.19. The molecule has 2 aromatic rings. The molecule has 0 radical (unpaired) electrons. The van der Waals surface area contributed by atoms with Crippen LogP contribution in [0.1, 0.15) is 19.3 Å². The Labute approximate surface area is 130 Å². The summed E-state index contributed by atoms with van der Waals surface area (Å²) in [5.41, 5.74) is 0.560. The van der Waals surface area contributed by atoms with Crippen molar-refractivity contribution in [2.24, 2.45) is 0 Å². The molecule has 0 heterocycles. The maximum atomic E-state index is 12.0. The van der Waals surface area contributed by atoms with Crippen molar-refractivity contribution in [1.29, 1.82) is 0 Å². The summed E-state index contributed by atoms with van der Waals surface area (Å²) in [6.45, 7) is 0. The molecule has 0 aliphatic heterocycles. The number of unbranched alkanes of at least 4 members (excludes halogenated alkanes) is 1. The van der Waals surface area contributed by atoms with Gasteiger partial charge in [-0.25, -0.2) is 8.42 Å². The van der Waals surface area contributed by atoms with Crippen molar-refractivity contribution in [2.75, 3.05) is 17.5 Å². The lowest BCUT2D eigenvalue weighted by molar-refractivity contribution is -0.120. The molecule has 1 amide bonds. The first-order valence-corrected chi connectivity index (χ1v) is 8.85. The summed E-state index contributed by atoms with van der Waals surface area (Å²) >= 11 is 0. The zero-order chi connectivity index (χ0) is 16.0. The van der Waals surface area contributed by atoms with Crippen LogP contribution in [0.4, 0.5) is 5.69 Å². The van der Waals surface area contributed by atoms with Gasteiger partial charge in [-0.1, -0.05) is 30.3 Å². The number of hydrogen-bond acceptors (Lipinski definition) is 3.